The van der Waals surface area contributed by atoms with Gasteiger partial charge in [-0.05, 0) is 122 Å². The van der Waals surface area contributed by atoms with Crippen molar-refractivity contribution in [3.05, 3.63) is 180 Å². The highest BCUT2D eigenvalue weighted by Gasteiger charge is 2.39. The predicted molar refractivity (Wildman–Crippen MR) is 251 cm³/mol. The van der Waals surface area contributed by atoms with Crippen LogP contribution >= 0.6 is 0 Å². The molecule has 2 aliphatic rings. The molecule has 2 aromatic heterocycles. The minimum atomic E-state index is -0.0341. The van der Waals surface area contributed by atoms with Crippen molar-refractivity contribution in [3.8, 4) is 33.6 Å². The van der Waals surface area contributed by atoms with Crippen LogP contribution in [0.25, 0.3) is 88.0 Å². The highest BCUT2D eigenvalue weighted by molar-refractivity contribution is 6.31. The molecular formula is C57H48N2. The lowest BCUT2D eigenvalue weighted by Gasteiger charge is -2.42. The van der Waals surface area contributed by atoms with E-state index in [4.69, 9.17) is 0 Å². The van der Waals surface area contributed by atoms with Crippen molar-refractivity contribution in [1.29, 1.82) is 0 Å². The molecule has 8 aromatic carbocycles. The van der Waals surface area contributed by atoms with Gasteiger partial charge in [0.05, 0.1) is 22.1 Å². The van der Waals surface area contributed by atoms with Gasteiger partial charge < -0.3 is 9.13 Å². The summed E-state index contributed by atoms with van der Waals surface area (Å²) in [7, 11) is 0. The van der Waals surface area contributed by atoms with E-state index in [2.05, 4.69) is 208 Å². The van der Waals surface area contributed by atoms with E-state index in [9.17, 15) is 0 Å². The summed E-state index contributed by atoms with van der Waals surface area (Å²) in [5.41, 5.74) is 18.6. The van der Waals surface area contributed by atoms with Crippen LogP contribution in [0.3, 0.4) is 0 Å². The number of aromatic nitrogens is 2. The van der Waals surface area contributed by atoms with Crippen molar-refractivity contribution in [2.75, 3.05) is 0 Å². The second kappa shape index (κ2) is 11.9. The van der Waals surface area contributed by atoms with E-state index in [1.807, 2.05) is 0 Å². The van der Waals surface area contributed by atoms with Crippen LogP contribution in [0.1, 0.15) is 76.6 Å². The molecule has 0 bridgehead atoms. The number of benzene rings is 8. The molecule has 59 heavy (non-hydrogen) atoms. The first-order chi connectivity index (χ1) is 28.5. The van der Waals surface area contributed by atoms with Gasteiger partial charge in [-0.2, -0.15) is 0 Å². The van der Waals surface area contributed by atoms with Gasteiger partial charge in [0.15, 0.2) is 0 Å². The third-order valence-corrected chi connectivity index (χ3v) is 14.6. The molecule has 0 radical (unpaired) electrons. The third kappa shape index (κ3) is 4.69. The first-order valence-corrected chi connectivity index (χ1v) is 21.4. The molecule has 286 valence electrons. The summed E-state index contributed by atoms with van der Waals surface area (Å²) >= 11 is 0. The molecule has 0 aliphatic heterocycles. The number of hydrogen-bond acceptors (Lipinski definition) is 0. The van der Waals surface area contributed by atoms with Crippen molar-refractivity contribution in [2.45, 2.75) is 70.6 Å². The molecule has 10 aromatic rings. The zero-order valence-corrected chi connectivity index (χ0v) is 34.8. The molecule has 12 rings (SSSR count). The van der Waals surface area contributed by atoms with Crippen LogP contribution in [0.2, 0.25) is 0 Å². The summed E-state index contributed by atoms with van der Waals surface area (Å²) in [5, 5.41) is 7.81. The lowest BCUT2D eigenvalue weighted by atomic mass is 9.63. The zero-order chi connectivity index (χ0) is 40.0. The fourth-order valence-corrected chi connectivity index (χ4v) is 11.3. The van der Waals surface area contributed by atoms with E-state index >= 15 is 0 Å². The van der Waals surface area contributed by atoms with Crippen molar-refractivity contribution >= 4 is 54.4 Å². The van der Waals surface area contributed by atoms with Gasteiger partial charge in [-0.25, -0.2) is 0 Å². The lowest BCUT2D eigenvalue weighted by molar-refractivity contribution is 0.332. The number of nitrogens with zero attached hydrogens (tertiary/aromatic N) is 2. The van der Waals surface area contributed by atoms with E-state index in [0.717, 1.165) is 0 Å². The number of fused-ring (bicyclic) bond motifs is 13. The molecule has 0 amide bonds. The summed E-state index contributed by atoms with van der Waals surface area (Å²) in [6.45, 7) is 14.5. The summed E-state index contributed by atoms with van der Waals surface area (Å²) in [5.74, 6) is 0. The second-order valence-electron chi connectivity index (χ2n) is 19.2. The SMILES string of the molecule is CC1(C)CCC(C)(C)c2cc3c(cc21)c1c2c4ccc5ccccc5c4n(-c4ccccc4)c2ccc1n3-c1ccc(-c2cccc3c2-c2ccccc2C3(C)C)cc1. The summed E-state index contributed by atoms with van der Waals surface area (Å²) in [6.07, 6.45) is 2.36. The quantitative estimate of drug-likeness (QED) is 0.170. The summed E-state index contributed by atoms with van der Waals surface area (Å²) < 4.78 is 5.07. The number of para-hydroxylation sites is 1. The van der Waals surface area contributed by atoms with Gasteiger partial charge in [0.1, 0.15) is 0 Å². The molecule has 2 heteroatoms. The molecule has 0 N–H and O–H groups in total. The van der Waals surface area contributed by atoms with Gasteiger partial charge in [0.25, 0.3) is 0 Å². The molecule has 0 saturated heterocycles. The number of hydrogen-bond donors (Lipinski definition) is 0. The zero-order valence-electron chi connectivity index (χ0n) is 34.8. The van der Waals surface area contributed by atoms with E-state index < -0.39 is 0 Å². The fourth-order valence-electron chi connectivity index (χ4n) is 11.3. The Hall–Kier alpha value is -6.38. The van der Waals surface area contributed by atoms with E-state index in [1.54, 1.807) is 0 Å². The van der Waals surface area contributed by atoms with Gasteiger partial charge in [0.2, 0.25) is 0 Å². The van der Waals surface area contributed by atoms with Gasteiger partial charge in [-0.1, -0.05) is 151 Å². The lowest BCUT2D eigenvalue weighted by Crippen LogP contribution is -2.33. The molecule has 0 atom stereocenters. The van der Waals surface area contributed by atoms with E-state index in [0.29, 0.717) is 0 Å². The molecule has 2 nitrogen and oxygen atoms in total. The van der Waals surface area contributed by atoms with Crippen molar-refractivity contribution in [3.63, 3.8) is 0 Å². The minimum Gasteiger partial charge on any atom is -0.309 e. The molecule has 0 unspecified atom stereocenters. The average molecular weight is 761 g/mol. The first-order valence-electron chi connectivity index (χ1n) is 21.4. The Bertz CT molecular complexity index is 3390. The van der Waals surface area contributed by atoms with E-state index in [-0.39, 0.29) is 16.2 Å². The Balaban J connectivity index is 1.17. The summed E-state index contributed by atoms with van der Waals surface area (Å²) in [6, 6.07) is 59.7. The largest absolute Gasteiger partial charge is 0.309 e. The predicted octanol–water partition coefficient (Wildman–Crippen LogP) is 15.4. The van der Waals surface area contributed by atoms with Crippen LogP contribution in [-0.4, -0.2) is 9.13 Å². The highest BCUT2D eigenvalue weighted by atomic mass is 15.0. The Morgan fingerprint density at radius 2 is 1.02 bits per heavy atom. The molecular weight excluding hydrogens is 713 g/mol. The van der Waals surface area contributed by atoms with Gasteiger partial charge in [0, 0.05) is 43.7 Å². The van der Waals surface area contributed by atoms with Crippen molar-refractivity contribution < 1.29 is 0 Å². The molecule has 0 spiro atoms. The maximum atomic E-state index is 2.59. The molecule has 0 fully saturated rings. The minimum absolute atomic E-state index is 0.0341. The molecule has 0 saturated carbocycles. The second-order valence-corrected chi connectivity index (χ2v) is 19.2. The van der Waals surface area contributed by atoms with Crippen LogP contribution in [0, 0.1) is 0 Å². The monoisotopic (exact) mass is 760 g/mol. The van der Waals surface area contributed by atoms with Gasteiger partial charge >= 0.3 is 0 Å². The van der Waals surface area contributed by atoms with Gasteiger partial charge in [-0.3, -0.25) is 0 Å². The van der Waals surface area contributed by atoms with Crippen LogP contribution in [0.4, 0.5) is 0 Å². The highest BCUT2D eigenvalue weighted by Crippen LogP contribution is 2.53. The van der Waals surface area contributed by atoms with Crippen LogP contribution in [0.5, 0.6) is 0 Å². The fraction of sp³-hybridized carbons (Fsp3) is 0.193. The topological polar surface area (TPSA) is 9.86 Å². The Labute approximate surface area is 346 Å². The average Bonchev–Trinajstić information content (AvgIpc) is 3.85. The third-order valence-electron chi connectivity index (χ3n) is 14.6. The molecule has 2 aliphatic carbocycles. The van der Waals surface area contributed by atoms with Gasteiger partial charge in [-0.15, -0.1) is 0 Å². The smallest absolute Gasteiger partial charge is 0.0619 e. The number of rotatable bonds is 3. The normalized spacial score (nSPS) is 16.2. The molecule has 2 heterocycles. The van der Waals surface area contributed by atoms with E-state index in [1.165, 1.54) is 123 Å². The standard InChI is InChI=1S/C57H48N2/c1-55(2)31-32-56(3,4)47-34-50-43(33-46(47)55)53-48(29-30-49-52(53)42-28-25-35-15-10-11-18-40(35)54(42)59(49)37-16-8-7-9-17-37)58(50)38-26-23-36(24-27-38)39-20-14-22-45-51(39)41-19-12-13-21-44(41)57(45,5)6/h7-30,33-34H,31-32H2,1-6H3. The maximum absolute atomic E-state index is 2.59. The summed E-state index contributed by atoms with van der Waals surface area (Å²) in [4.78, 5) is 0. The van der Waals surface area contributed by atoms with Crippen molar-refractivity contribution in [1.82, 2.24) is 9.13 Å². The Morgan fingerprint density at radius 3 is 1.80 bits per heavy atom. The first kappa shape index (κ1) is 34.6. The van der Waals surface area contributed by atoms with Crippen LogP contribution in [0.15, 0.2) is 158 Å². The Kier molecular flexibility index (Phi) is 6.96. The van der Waals surface area contributed by atoms with Crippen molar-refractivity contribution in [2.24, 2.45) is 0 Å². The maximum Gasteiger partial charge on any atom is 0.0619 e. The Morgan fingerprint density at radius 1 is 0.407 bits per heavy atom. The van der Waals surface area contributed by atoms with Crippen LogP contribution < -0.4 is 0 Å². The van der Waals surface area contributed by atoms with Crippen LogP contribution in [-0.2, 0) is 16.2 Å².